The average Bonchev–Trinajstić information content (AvgIpc) is 3.61. The van der Waals surface area contributed by atoms with Crippen molar-refractivity contribution in [3.8, 4) is 5.75 Å². The van der Waals surface area contributed by atoms with Crippen LogP contribution in [0.4, 0.5) is 10.5 Å². The number of sulfonamides is 1. The standard InChI is InChI=1S/C24H30N2O5S/c1-17-3-11-23(12-4-17)32(28,29)26-15-13-22(14-16-26)31-24(27)25-20-7-9-21(10-8-20)30-18(2)19-5-6-19/h3-4,7-12,18-19,22H,5-6,13-16H2,1-2H3,(H,25,27). The number of amides is 1. The minimum Gasteiger partial charge on any atom is -0.490 e. The molecule has 0 spiro atoms. The Kier molecular flexibility index (Phi) is 6.71. The number of nitrogens with one attached hydrogen (secondary N) is 1. The van der Waals surface area contributed by atoms with Crippen molar-refractivity contribution in [3.63, 3.8) is 0 Å². The summed E-state index contributed by atoms with van der Waals surface area (Å²) in [5, 5.41) is 2.73. The Bertz CT molecular complexity index is 1030. The van der Waals surface area contributed by atoms with E-state index in [9.17, 15) is 13.2 Å². The van der Waals surface area contributed by atoms with Crippen LogP contribution in [0, 0.1) is 12.8 Å². The highest BCUT2D eigenvalue weighted by molar-refractivity contribution is 7.89. The van der Waals surface area contributed by atoms with Gasteiger partial charge in [-0.1, -0.05) is 17.7 Å². The maximum atomic E-state index is 12.8. The van der Waals surface area contributed by atoms with E-state index in [4.69, 9.17) is 9.47 Å². The molecule has 1 saturated carbocycles. The lowest BCUT2D eigenvalue weighted by molar-refractivity contribution is 0.0774. The van der Waals surface area contributed by atoms with Gasteiger partial charge in [0.2, 0.25) is 10.0 Å². The van der Waals surface area contributed by atoms with Crippen molar-refractivity contribution in [2.75, 3.05) is 18.4 Å². The first-order valence-corrected chi connectivity index (χ1v) is 12.6. The second-order valence-electron chi connectivity index (χ2n) is 8.63. The van der Waals surface area contributed by atoms with E-state index in [-0.39, 0.29) is 12.2 Å². The number of rotatable bonds is 7. The molecular formula is C24H30N2O5S. The first-order chi connectivity index (χ1) is 15.3. The van der Waals surface area contributed by atoms with Gasteiger partial charge in [0, 0.05) is 18.8 Å². The lowest BCUT2D eigenvalue weighted by atomic mass is 10.1. The summed E-state index contributed by atoms with van der Waals surface area (Å²) in [7, 11) is -3.53. The maximum Gasteiger partial charge on any atom is 0.411 e. The Balaban J connectivity index is 1.24. The zero-order chi connectivity index (χ0) is 22.7. The number of carbonyl (C=O) groups is 1. The molecule has 0 aromatic heterocycles. The number of piperidine rings is 1. The van der Waals surface area contributed by atoms with E-state index in [0.717, 1.165) is 11.3 Å². The normalized spacial score (nSPS) is 18.7. The summed E-state index contributed by atoms with van der Waals surface area (Å²) < 4.78 is 38.5. The van der Waals surface area contributed by atoms with Gasteiger partial charge in [-0.15, -0.1) is 0 Å². The summed E-state index contributed by atoms with van der Waals surface area (Å²) in [6.45, 7) is 4.64. The zero-order valence-electron chi connectivity index (χ0n) is 18.5. The second-order valence-corrected chi connectivity index (χ2v) is 10.6. The summed E-state index contributed by atoms with van der Waals surface area (Å²) >= 11 is 0. The molecule has 4 rings (SSSR count). The fourth-order valence-electron chi connectivity index (χ4n) is 3.84. The molecule has 1 atom stereocenters. The summed E-state index contributed by atoms with van der Waals surface area (Å²) in [5.41, 5.74) is 1.64. The third-order valence-electron chi connectivity index (χ3n) is 6.04. The molecule has 172 valence electrons. The van der Waals surface area contributed by atoms with Crippen LogP contribution in [0.2, 0.25) is 0 Å². The van der Waals surface area contributed by atoms with Gasteiger partial charge >= 0.3 is 6.09 Å². The van der Waals surface area contributed by atoms with Crippen LogP contribution in [0.1, 0.15) is 38.2 Å². The fraction of sp³-hybridized carbons (Fsp3) is 0.458. The third kappa shape index (κ3) is 5.61. The van der Waals surface area contributed by atoms with Crippen LogP contribution in [0.3, 0.4) is 0 Å². The fourth-order valence-corrected chi connectivity index (χ4v) is 5.31. The molecule has 8 heteroatoms. The van der Waals surface area contributed by atoms with E-state index in [1.165, 1.54) is 17.1 Å². The quantitative estimate of drug-likeness (QED) is 0.657. The van der Waals surface area contributed by atoms with Crippen molar-refractivity contribution in [1.29, 1.82) is 0 Å². The molecule has 1 saturated heterocycles. The molecule has 2 aromatic rings. The molecule has 1 heterocycles. The van der Waals surface area contributed by atoms with E-state index in [0.29, 0.717) is 42.4 Å². The van der Waals surface area contributed by atoms with Gasteiger partial charge in [-0.05, 0) is 81.8 Å². The monoisotopic (exact) mass is 458 g/mol. The zero-order valence-corrected chi connectivity index (χ0v) is 19.3. The number of hydrogen-bond acceptors (Lipinski definition) is 5. The van der Waals surface area contributed by atoms with Gasteiger partial charge in [0.05, 0.1) is 11.0 Å². The third-order valence-corrected chi connectivity index (χ3v) is 7.95. The van der Waals surface area contributed by atoms with Crippen LogP contribution in [0.25, 0.3) is 0 Å². The number of nitrogens with zero attached hydrogens (tertiary/aromatic N) is 1. The molecule has 2 aromatic carbocycles. The lowest BCUT2D eigenvalue weighted by Gasteiger charge is -2.30. The van der Waals surface area contributed by atoms with Crippen molar-refractivity contribution in [2.24, 2.45) is 5.92 Å². The minimum absolute atomic E-state index is 0.208. The number of aryl methyl sites for hydroxylation is 1. The summed E-state index contributed by atoms with van der Waals surface area (Å²) in [6.07, 6.45) is 2.73. The molecule has 1 unspecified atom stereocenters. The Morgan fingerprint density at radius 3 is 2.22 bits per heavy atom. The van der Waals surface area contributed by atoms with Gasteiger partial charge in [0.15, 0.2) is 0 Å². The van der Waals surface area contributed by atoms with Crippen LogP contribution in [0.15, 0.2) is 53.4 Å². The molecule has 0 radical (unpaired) electrons. The topological polar surface area (TPSA) is 84.9 Å². The summed E-state index contributed by atoms with van der Waals surface area (Å²) in [5.74, 6) is 1.44. The predicted octanol–water partition coefficient (Wildman–Crippen LogP) is 4.57. The van der Waals surface area contributed by atoms with Crippen molar-refractivity contribution < 1.29 is 22.7 Å². The Labute approximate surface area is 189 Å². The highest BCUT2D eigenvalue weighted by Crippen LogP contribution is 2.34. The van der Waals surface area contributed by atoms with Gasteiger partial charge in [0.25, 0.3) is 0 Å². The smallest absolute Gasteiger partial charge is 0.411 e. The van der Waals surface area contributed by atoms with Gasteiger partial charge in [-0.25, -0.2) is 13.2 Å². The average molecular weight is 459 g/mol. The Hall–Kier alpha value is -2.58. The van der Waals surface area contributed by atoms with E-state index in [2.05, 4.69) is 12.2 Å². The number of ether oxygens (including phenoxy) is 2. The summed E-state index contributed by atoms with van der Waals surface area (Å²) in [6, 6.07) is 14.1. The molecule has 7 nitrogen and oxygen atoms in total. The van der Waals surface area contributed by atoms with Gasteiger partial charge in [0.1, 0.15) is 11.9 Å². The SMILES string of the molecule is Cc1ccc(S(=O)(=O)N2CCC(OC(=O)Nc3ccc(OC(C)C4CC4)cc3)CC2)cc1. The van der Waals surface area contributed by atoms with Crippen molar-refractivity contribution >= 4 is 21.8 Å². The Morgan fingerprint density at radius 1 is 1.00 bits per heavy atom. The molecule has 2 fully saturated rings. The lowest BCUT2D eigenvalue weighted by Crippen LogP contribution is -2.41. The largest absolute Gasteiger partial charge is 0.490 e. The Morgan fingerprint density at radius 2 is 1.62 bits per heavy atom. The number of anilines is 1. The molecule has 1 aliphatic heterocycles. The molecule has 0 bridgehead atoms. The van der Waals surface area contributed by atoms with E-state index in [1.807, 2.05) is 19.1 Å². The van der Waals surface area contributed by atoms with Gasteiger partial charge in [-0.3, -0.25) is 5.32 Å². The van der Waals surface area contributed by atoms with Crippen molar-refractivity contribution in [2.45, 2.75) is 56.6 Å². The number of carbonyl (C=O) groups excluding carboxylic acids is 1. The van der Waals surface area contributed by atoms with Crippen molar-refractivity contribution in [1.82, 2.24) is 4.31 Å². The predicted molar refractivity (Wildman–Crippen MR) is 122 cm³/mol. The molecule has 1 N–H and O–H groups in total. The first kappa shape index (κ1) is 22.6. The first-order valence-electron chi connectivity index (χ1n) is 11.1. The highest BCUT2D eigenvalue weighted by atomic mass is 32.2. The van der Waals surface area contributed by atoms with Crippen LogP contribution < -0.4 is 10.1 Å². The van der Waals surface area contributed by atoms with Gasteiger partial charge in [-0.2, -0.15) is 4.31 Å². The van der Waals surface area contributed by atoms with E-state index < -0.39 is 16.1 Å². The van der Waals surface area contributed by atoms with E-state index >= 15 is 0 Å². The second kappa shape index (κ2) is 9.50. The molecule has 1 aliphatic carbocycles. The minimum atomic E-state index is -3.53. The van der Waals surface area contributed by atoms with E-state index in [1.54, 1.807) is 36.4 Å². The number of benzene rings is 2. The molecule has 32 heavy (non-hydrogen) atoms. The van der Waals surface area contributed by atoms with Crippen molar-refractivity contribution in [3.05, 3.63) is 54.1 Å². The summed E-state index contributed by atoms with van der Waals surface area (Å²) in [4.78, 5) is 12.6. The van der Waals surface area contributed by atoms with Crippen LogP contribution in [0.5, 0.6) is 5.75 Å². The molecular weight excluding hydrogens is 428 g/mol. The number of hydrogen-bond donors (Lipinski definition) is 1. The van der Waals surface area contributed by atoms with Crippen LogP contribution in [-0.4, -0.2) is 44.1 Å². The molecule has 2 aliphatic rings. The maximum absolute atomic E-state index is 12.8. The van der Waals surface area contributed by atoms with Crippen LogP contribution in [-0.2, 0) is 14.8 Å². The molecule has 1 amide bonds. The highest BCUT2D eigenvalue weighted by Gasteiger charge is 2.31. The van der Waals surface area contributed by atoms with Crippen LogP contribution >= 0.6 is 0 Å². The van der Waals surface area contributed by atoms with Gasteiger partial charge < -0.3 is 9.47 Å².